The van der Waals surface area contributed by atoms with Crippen molar-refractivity contribution in [1.82, 2.24) is 24.3 Å². The van der Waals surface area contributed by atoms with E-state index in [0.717, 1.165) is 11.6 Å². The maximum Gasteiger partial charge on any atom is 0.433 e. The molecule has 7 rings (SSSR count). The molecule has 1 N–H and O–H groups in total. The lowest BCUT2D eigenvalue weighted by Gasteiger charge is -2.35. The zero-order chi connectivity index (χ0) is 28.3. The Kier molecular flexibility index (Phi) is 6.07. The molecule has 9 nitrogen and oxygen atoms in total. The number of nitrogens with one attached hydrogen (secondary N) is 1. The van der Waals surface area contributed by atoms with Crippen LogP contribution in [0, 0.1) is 5.82 Å². The minimum absolute atomic E-state index is 0.0998. The highest BCUT2D eigenvalue weighted by Crippen LogP contribution is 2.38. The van der Waals surface area contributed by atoms with Gasteiger partial charge in [0.05, 0.1) is 24.4 Å². The number of carbonyl (C=O) groups is 1. The van der Waals surface area contributed by atoms with Crippen LogP contribution in [0.2, 0.25) is 0 Å². The number of amides is 1. The number of imidazole rings is 1. The van der Waals surface area contributed by atoms with Crippen molar-refractivity contribution in [2.24, 2.45) is 0 Å². The standard InChI is InChI=1S/C28H24F4N6O3/c29-20-2-3-22-17(7-10-41-22)18(20)11-33-27-34-12-19-16-1-4-23(28(30,31)32)36-21(16)13-37(15-5-8-40-9-6-15)26(39)24-25(19)38(27)14-35-24/h1-4,12,14-15H,5-11,13H2,(H,33,34). The van der Waals surface area contributed by atoms with Gasteiger partial charge >= 0.3 is 6.18 Å². The Balaban J connectivity index is 1.35. The Morgan fingerprint density at radius 2 is 1.88 bits per heavy atom. The summed E-state index contributed by atoms with van der Waals surface area (Å²) in [7, 11) is 0. The number of halogens is 4. The monoisotopic (exact) mass is 568 g/mol. The average Bonchev–Trinajstić information content (AvgIpc) is 3.62. The zero-order valence-corrected chi connectivity index (χ0v) is 21.7. The molecule has 1 amide bonds. The molecule has 0 unspecified atom stereocenters. The van der Waals surface area contributed by atoms with Crippen LogP contribution in [0.1, 0.15) is 45.8 Å². The van der Waals surface area contributed by atoms with Crippen LogP contribution in [0.15, 0.2) is 36.8 Å². The number of alkyl halides is 3. The Hall–Kier alpha value is -4.26. The number of hydrogen-bond donors (Lipinski definition) is 1. The fourth-order valence-electron chi connectivity index (χ4n) is 5.86. The van der Waals surface area contributed by atoms with Crippen molar-refractivity contribution in [3.05, 3.63) is 70.8 Å². The van der Waals surface area contributed by atoms with Gasteiger partial charge in [-0.2, -0.15) is 13.2 Å². The molecule has 3 aliphatic rings. The van der Waals surface area contributed by atoms with Crippen LogP contribution in [0.3, 0.4) is 0 Å². The SMILES string of the molecule is O=C1c2ncn3c(NCc4c(F)ccc5c4CCO5)ncc(c23)-c2ccc(C(F)(F)F)nc2CN1C1CCOCC1. The molecule has 1 aromatic carbocycles. The van der Waals surface area contributed by atoms with E-state index in [4.69, 9.17) is 9.47 Å². The number of fused-ring (bicyclic) bond motifs is 3. The van der Waals surface area contributed by atoms with Crippen LogP contribution in [-0.4, -0.2) is 56.0 Å². The predicted molar refractivity (Wildman–Crippen MR) is 138 cm³/mol. The molecule has 6 heterocycles. The van der Waals surface area contributed by atoms with Gasteiger partial charge in [-0.25, -0.2) is 19.3 Å². The van der Waals surface area contributed by atoms with E-state index in [1.165, 1.54) is 24.7 Å². The quantitative estimate of drug-likeness (QED) is 0.359. The van der Waals surface area contributed by atoms with E-state index in [-0.39, 0.29) is 36.3 Å². The second-order valence-corrected chi connectivity index (χ2v) is 10.2. The van der Waals surface area contributed by atoms with Gasteiger partial charge in [0.1, 0.15) is 23.6 Å². The molecule has 0 spiro atoms. The van der Waals surface area contributed by atoms with Gasteiger partial charge in [-0.3, -0.25) is 9.20 Å². The van der Waals surface area contributed by atoms with Crippen LogP contribution < -0.4 is 10.1 Å². The smallest absolute Gasteiger partial charge is 0.433 e. The molecule has 0 atom stereocenters. The summed E-state index contributed by atoms with van der Waals surface area (Å²) in [6.07, 6.45) is -0.0371. The summed E-state index contributed by atoms with van der Waals surface area (Å²) in [6, 6.07) is 5.02. The number of ether oxygens (including phenoxy) is 2. The molecule has 3 aromatic heterocycles. The van der Waals surface area contributed by atoms with Gasteiger partial charge in [0.25, 0.3) is 5.91 Å². The van der Waals surface area contributed by atoms with Crippen molar-refractivity contribution >= 4 is 17.4 Å². The third-order valence-corrected chi connectivity index (χ3v) is 7.90. The molecule has 3 aliphatic heterocycles. The highest BCUT2D eigenvalue weighted by Gasteiger charge is 2.37. The second-order valence-electron chi connectivity index (χ2n) is 10.2. The Labute approximate surface area is 231 Å². The van der Waals surface area contributed by atoms with Crippen LogP contribution in [-0.2, 0) is 30.4 Å². The molecule has 0 aliphatic carbocycles. The number of benzene rings is 1. The van der Waals surface area contributed by atoms with Crippen LogP contribution in [0.4, 0.5) is 23.5 Å². The fourth-order valence-corrected chi connectivity index (χ4v) is 5.86. The third-order valence-electron chi connectivity index (χ3n) is 7.90. The normalized spacial score (nSPS) is 17.2. The molecule has 13 heteroatoms. The van der Waals surface area contributed by atoms with Gasteiger partial charge in [-0.05, 0) is 31.0 Å². The third kappa shape index (κ3) is 4.35. The fraction of sp³-hybridized carbons (Fsp3) is 0.357. The largest absolute Gasteiger partial charge is 0.493 e. The van der Waals surface area contributed by atoms with Gasteiger partial charge in [0.2, 0.25) is 5.95 Å². The van der Waals surface area contributed by atoms with Gasteiger partial charge in [0.15, 0.2) is 5.69 Å². The molecule has 0 radical (unpaired) electrons. The van der Waals surface area contributed by atoms with Crippen molar-refractivity contribution in [3.8, 4) is 16.9 Å². The molecular weight excluding hydrogens is 544 g/mol. The highest BCUT2D eigenvalue weighted by atomic mass is 19.4. The van der Waals surface area contributed by atoms with Gasteiger partial charge < -0.3 is 19.7 Å². The van der Waals surface area contributed by atoms with Gasteiger partial charge in [0, 0.05) is 60.7 Å². The van der Waals surface area contributed by atoms with E-state index in [2.05, 4.69) is 20.3 Å². The Morgan fingerprint density at radius 1 is 1.05 bits per heavy atom. The average molecular weight is 569 g/mol. The molecule has 0 saturated carbocycles. The van der Waals surface area contributed by atoms with E-state index < -0.39 is 17.8 Å². The minimum atomic E-state index is -4.65. The first-order valence-corrected chi connectivity index (χ1v) is 13.3. The van der Waals surface area contributed by atoms with Crippen molar-refractivity contribution in [2.45, 2.75) is 44.6 Å². The maximum absolute atomic E-state index is 14.8. The summed E-state index contributed by atoms with van der Waals surface area (Å²) in [6.45, 7) is 1.35. The lowest BCUT2D eigenvalue weighted by molar-refractivity contribution is -0.141. The molecular formula is C28H24F4N6O3. The van der Waals surface area contributed by atoms with Crippen molar-refractivity contribution in [2.75, 3.05) is 25.1 Å². The van der Waals surface area contributed by atoms with E-state index in [1.54, 1.807) is 15.4 Å². The highest BCUT2D eigenvalue weighted by molar-refractivity contribution is 6.04. The summed E-state index contributed by atoms with van der Waals surface area (Å²) in [4.78, 5) is 28.4. The van der Waals surface area contributed by atoms with Crippen LogP contribution in [0.5, 0.6) is 5.75 Å². The first-order valence-electron chi connectivity index (χ1n) is 13.3. The van der Waals surface area contributed by atoms with Gasteiger partial charge in [-0.1, -0.05) is 6.07 Å². The number of aromatic nitrogens is 4. The van der Waals surface area contributed by atoms with E-state index in [0.29, 0.717) is 73.0 Å². The predicted octanol–water partition coefficient (Wildman–Crippen LogP) is 4.63. The summed E-state index contributed by atoms with van der Waals surface area (Å²) in [5.74, 6) is 0.153. The number of anilines is 1. The van der Waals surface area contributed by atoms with Crippen LogP contribution in [0.25, 0.3) is 16.6 Å². The van der Waals surface area contributed by atoms with Crippen molar-refractivity contribution < 1.29 is 31.8 Å². The molecule has 0 bridgehead atoms. The molecule has 4 aromatic rings. The topological polar surface area (TPSA) is 93.9 Å². The second kappa shape index (κ2) is 9.68. The van der Waals surface area contributed by atoms with E-state index in [9.17, 15) is 22.4 Å². The number of pyridine rings is 1. The van der Waals surface area contributed by atoms with E-state index in [1.807, 2.05) is 0 Å². The summed E-state index contributed by atoms with van der Waals surface area (Å²) in [5, 5.41) is 3.15. The molecule has 1 fully saturated rings. The molecule has 1 saturated heterocycles. The number of rotatable bonds is 4. The van der Waals surface area contributed by atoms with Crippen LogP contribution >= 0.6 is 0 Å². The van der Waals surface area contributed by atoms with E-state index >= 15 is 0 Å². The first-order chi connectivity index (χ1) is 19.8. The Morgan fingerprint density at radius 3 is 2.68 bits per heavy atom. The number of hydrogen-bond acceptors (Lipinski definition) is 7. The number of nitrogens with zero attached hydrogens (tertiary/aromatic N) is 5. The lowest BCUT2D eigenvalue weighted by atomic mass is 9.98. The molecule has 41 heavy (non-hydrogen) atoms. The summed E-state index contributed by atoms with van der Waals surface area (Å²) in [5.41, 5.74) is 1.73. The zero-order valence-electron chi connectivity index (χ0n) is 21.7. The summed E-state index contributed by atoms with van der Waals surface area (Å²) < 4.78 is 68.3. The summed E-state index contributed by atoms with van der Waals surface area (Å²) >= 11 is 0. The lowest BCUT2D eigenvalue weighted by Crippen LogP contribution is -2.44. The first kappa shape index (κ1) is 25.7. The maximum atomic E-state index is 14.8. The molecule has 212 valence electrons. The minimum Gasteiger partial charge on any atom is -0.493 e. The van der Waals surface area contributed by atoms with Crippen molar-refractivity contribution in [1.29, 1.82) is 0 Å². The van der Waals surface area contributed by atoms with Crippen molar-refractivity contribution in [3.63, 3.8) is 0 Å². The van der Waals surface area contributed by atoms with Gasteiger partial charge in [-0.15, -0.1) is 0 Å². The Bertz CT molecular complexity index is 1680. The number of carbonyl (C=O) groups excluding carboxylic acids is 1.